The van der Waals surface area contributed by atoms with Gasteiger partial charge in [-0.15, -0.1) is 0 Å². The van der Waals surface area contributed by atoms with Crippen LogP contribution in [0.5, 0.6) is 0 Å². The Morgan fingerprint density at radius 1 is 1.25 bits per heavy atom. The maximum Gasteiger partial charge on any atom is 0.224 e. The molecule has 24 heavy (non-hydrogen) atoms. The van der Waals surface area contributed by atoms with E-state index >= 15 is 0 Å². The molecule has 1 amide bonds. The lowest BCUT2D eigenvalue weighted by Gasteiger charge is -2.39. The molecule has 2 unspecified atom stereocenters. The molecular formula is C20H21N3O. The van der Waals surface area contributed by atoms with Crippen LogP contribution in [0.4, 0.5) is 11.4 Å². The van der Waals surface area contributed by atoms with Crippen molar-refractivity contribution in [3.63, 3.8) is 0 Å². The first-order valence-electron chi connectivity index (χ1n) is 8.16. The van der Waals surface area contributed by atoms with E-state index in [1.54, 1.807) is 6.92 Å². The lowest BCUT2D eigenvalue weighted by atomic mass is 9.90. The molecular weight excluding hydrogens is 298 g/mol. The SMILES string of the molecule is CC(=O)N1c2ccc(C)cc2C(Nc2ccc(C#N)cc2)CC1C. The Morgan fingerprint density at radius 3 is 2.58 bits per heavy atom. The molecule has 1 heterocycles. The molecule has 1 aliphatic rings. The van der Waals surface area contributed by atoms with Gasteiger partial charge in [-0.25, -0.2) is 0 Å². The number of nitrogens with one attached hydrogen (secondary N) is 1. The largest absolute Gasteiger partial charge is 0.378 e. The van der Waals surface area contributed by atoms with Crippen molar-refractivity contribution in [1.29, 1.82) is 5.26 Å². The fourth-order valence-corrected chi connectivity index (χ4v) is 3.44. The van der Waals surface area contributed by atoms with Gasteiger partial charge >= 0.3 is 0 Å². The lowest BCUT2D eigenvalue weighted by molar-refractivity contribution is -0.117. The summed E-state index contributed by atoms with van der Waals surface area (Å²) in [4.78, 5) is 13.9. The average molecular weight is 319 g/mol. The number of carbonyl (C=O) groups is 1. The number of carbonyl (C=O) groups excluding carboxylic acids is 1. The molecule has 0 radical (unpaired) electrons. The molecule has 0 spiro atoms. The summed E-state index contributed by atoms with van der Waals surface area (Å²) < 4.78 is 0. The first-order valence-corrected chi connectivity index (χ1v) is 8.16. The van der Waals surface area contributed by atoms with Gasteiger partial charge in [0.2, 0.25) is 5.91 Å². The van der Waals surface area contributed by atoms with Crippen LogP contribution >= 0.6 is 0 Å². The molecule has 1 aliphatic heterocycles. The summed E-state index contributed by atoms with van der Waals surface area (Å²) in [5, 5.41) is 12.5. The van der Waals surface area contributed by atoms with Crippen LogP contribution in [-0.4, -0.2) is 11.9 Å². The molecule has 0 fully saturated rings. The molecule has 0 bridgehead atoms. The van der Waals surface area contributed by atoms with Crippen LogP contribution in [0.3, 0.4) is 0 Å². The second-order valence-electron chi connectivity index (χ2n) is 6.42. The van der Waals surface area contributed by atoms with Gasteiger partial charge in [-0.1, -0.05) is 17.7 Å². The van der Waals surface area contributed by atoms with E-state index < -0.39 is 0 Å². The van der Waals surface area contributed by atoms with Crippen molar-refractivity contribution < 1.29 is 4.79 Å². The van der Waals surface area contributed by atoms with Gasteiger partial charge in [0.25, 0.3) is 0 Å². The number of fused-ring (bicyclic) bond motifs is 1. The summed E-state index contributed by atoms with van der Waals surface area (Å²) in [5.41, 5.74) is 4.94. The smallest absolute Gasteiger partial charge is 0.224 e. The van der Waals surface area contributed by atoms with Crippen molar-refractivity contribution in [1.82, 2.24) is 0 Å². The van der Waals surface area contributed by atoms with E-state index in [4.69, 9.17) is 5.26 Å². The Labute approximate surface area is 142 Å². The summed E-state index contributed by atoms with van der Waals surface area (Å²) in [6.07, 6.45) is 0.843. The summed E-state index contributed by atoms with van der Waals surface area (Å²) in [6.45, 7) is 5.77. The number of anilines is 2. The summed E-state index contributed by atoms with van der Waals surface area (Å²) >= 11 is 0. The predicted octanol–water partition coefficient (Wildman–Crippen LogP) is 4.17. The van der Waals surface area contributed by atoms with Gasteiger partial charge in [-0.2, -0.15) is 5.26 Å². The van der Waals surface area contributed by atoms with Crippen LogP contribution < -0.4 is 10.2 Å². The van der Waals surface area contributed by atoms with Crippen molar-refractivity contribution in [2.75, 3.05) is 10.2 Å². The first kappa shape index (κ1) is 16.1. The molecule has 1 N–H and O–H groups in total. The number of nitrogens with zero attached hydrogens (tertiary/aromatic N) is 2. The van der Waals surface area contributed by atoms with Gasteiger partial charge < -0.3 is 10.2 Å². The Balaban J connectivity index is 1.96. The van der Waals surface area contributed by atoms with Crippen molar-refractivity contribution in [2.45, 2.75) is 39.3 Å². The Morgan fingerprint density at radius 2 is 1.96 bits per heavy atom. The van der Waals surface area contributed by atoms with Crippen LogP contribution in [0, 0.1) is 18.3 Å². The van der Waals surface area contributed by atoms with Crippen LogP contribution in [0.1, 0.15) is 43.0 Å². The number of hydrogen-bond acceptors (Lipinski definition) is 3. The highest BCUT2D eigenvalue weighted by Gasteiger charge is 2.32. The second kappa shape index (κ2) is 6.37. The van der Waals surface area contributed by atoms with Crippen molar-refractivity contribution in [3.8, 4) is 6.07 Å². The molecule has 0 saturated heterocycles. The summed E-state index contributed by atoms with van der Waals surface area (Å²) in [7, 11) is 0. The van der Waals surface area contributed by atoms with Crippen LogP contribution in [0.15, 0.2) is 42.5 Å². The predicted molar refractivity (Wildman–Crippen MR) is 95.9 cm³/mol. The van der Waals surface area contributed by atoms with Gasteiger partial charge in [0, 0.05) is 24.3 Å². The molecule has 3 rings (SSSR count). The Kier molecular flexibility index (Phi) is 4.26. The molecule has 2 atom stereocenters. The van der Waals surface area contributed by atoms with Crippen molar-refractivity contribution in [2.24, 2.45) is 0 Å². The fourth-order valence-electron chi connectivity index (χ4n) is 3.44. The van der Waals surface area contributed by atoms with Gasteiger partial charge in [0.15, 0.2) is 0 Å². The zero-order chi connectivity index (χ0) is 17.3. The van der Waals surface area contributed by atoms with Gasteiger partial charge in [0.1, 0.15) is 0 Å². The van der Waals surface area contributed by atoms with Crippen molar-refractivity contribution in [3.05, 3.63) is 59.2 Å². The monoisotopic (exact) mass is 319 g/mol. The van der Waals surface area contributed by atoms with E-state index in [0.29, 0.717) is 5.56 Å². The van der Waals surface area contributed by atoms with E-state index in [2.05, 4.69) is 31.3 Å². The third kappa shape index (κ3) is 2.98. The summed E-state index contributed by atoms with van der Waals surface area (Å²) in [6, 6.07) is 16.1. The lowest BCUT2D eigenvalue weighted by Crippen LogP contribution is -2.43. The Bertz CT molecular complexity index is 805. The standard InChI is InChI=1S/C20H21N3O/c1-13-4-9-20-18(10-13)19(11-14(2)23(20)15(3)24)22-17-7-5-16(12-21)6-8-17/h4-10,14,19,22H,11H2,1-3H3. The quantitative estimate of drug-likeness (QED) is 0.904. The molecule has 4 heteroatoms. The van der Waals surface area contributed by atoms with Crippen LogP contribution in [0.25, 0.3) is 0 Å². The molecule has 0 aromatic heterocycles. The maximum absolute atomic E-state index is 12.1. The fraction of sp³-hybridized carbons (Fsp3) is 0.300. The van der Waals surface area contributed by atoms with E-state index in [1.807, 2.05) is 41.3 Å². The van der Waals surface area contributed by atoms with Gasteiger partial charge in [-0.05, 0) is 56.2 Å². The van der Waals surface area contributed by atoms with Gasteiger partial charge in [0.05, 0.1) is 17.7 Å². The number of hydrogen-bond donors (Lipinski definition) is 1. The van der Waals surface area contributed by atoms with E-state index in [0.717, 1.165) is 23.4 Å². The number of nitriles is 1. The Hall–Kier alpha value is -2.80. The maximum atomic E-state index is 12.1. The third-order valence-electron chi connectivity index (χ3n) is 4.53. The highest BCUT2D eigenvalue weighted by atomic mass is 16.2. The highest BCUT2D eigenvalue weighted by molar-refractivity contribution is 5.93. The van der Waals surface area contributed by atoms with Crippen LogP contribution in [-0.2, 0) is 4.79 Å². The minimum atomic E-state index is 0.0735. The third-order valence-corrected chi connectivity index (χ3v) is 4.53. The van der Waals surface area contributed by atoms with Crippen molar-refractivity contribution >= 4 is 17.3 Å². The number of benzene rings is 2. The van der Waals surface area contributed by atoms with Gasteiger partial charge in [-0.3, -0.25) is 4.79 Å². The molecule has 0 aliphatic carbocycles. The molecule has 122 valence electrons. The zero-order valence-electron chi connectivity index (χ0n) is 14.2. The number of amides is 1. The molecule has 2 aromatic carbocycles. The summed E-state index contributed by atoms with van der Waals surface area (Å²) in [5.74, 6) is 0.0735. The average Bonchev–Trinajstić information content (AvgIpc) is 2.55. The number of rotatable bonds is 2. The normalized spacial score (nSPS) is 19.3. The molecule has 0 saturated carbocycles. The highest BCUT2D eigenvalue weighted by Crippen LogP contribution is 2.39. The molecule has 4 nitrogen and oxygen atoms in total. The molecule has 2 aromatic rings. The minimum Gasteiger partial charge on any atom is -0.378 e. The number of aryl methyl sites for hydroxylation is 1. The topological polar surface area (TPSA) is 56.1 Å². The van der Waals surface area contributed by atoms with E-state index in [1.165, 1.54) is 5.56 Å². The minimum absolute atomic E-state index is 0.0735. The zero-order valence-corrected chi connectivity index (χ0v) is 14.2. The second-order valence-corrected chi connectivity index (χ2v) is 6.42. The first-order chi connectivity index (χ1) is 11.5. The van der Waals surface area contributed by atoms with Crippen LogP contribution in [0.2, 0.25) is 0 Å². The van der Waals surface area contributed by atoms with E-state index in [9.17, 15) is 4.79 Å². The van der Waals surface area contributed by atoms with E-state index in [-0.39, 0.29) is 18.0 Å².